The van der Waals surface area contributed by atoms with E-state index in [0.29, 0.717) is 11.7 Å². The quantitative estimate of drug-likeness (QED) is 0.785. The first-order valence-corrected chi connectivity index (χ1v) is 6.91. The molecule has 4 nitrogen and oxygen atoms in total. The van der Waals surface area contributed by atoms with E-state index in [4.69, 9.17) is 4.52 Å². The molecule has 0 aliphatic heterocycles. The molecule has 0 unspecified atom stereocenters. The van der Waals surface area contributed by atoms with Gasteiger partial charge in [0.1, 0.15) is 0 Å². The number of aromatic nitrogens is 2. The largest absolute Gasteiger partial charge is 0.380 e. The van der Waals surface area contributed by atoms with E-state index in [9.17, 15) is 0 Å². The highest BCUT2D eigenvalue weighted by atomic mass is 16.5. The van der Waals surface area contributed by atoms with E-state index in [-0.39, 0.29) is 0 Å². The number of aryl methyl sites for hydroxylation is 2. The van der Waals surface area contributed by atoms with Gasteiger partial charge in [-0.1, -0.05) is 47.1 Å². The molecule has 2 aromatic carbocycles. The summed E-state index contributed by atoms with van der Waals surface area (Å²) in [4.78, 5) is 4.29. The molecular formula is C17H17N3O. The second kappa shape index (κ2) is 5.79. The fourth-order valence-corrected chi connectivity index (χ4v) is 2.25. The maximum absolute atomic E-state index is 5.26. The second-order valence-electron chi connectivity index (χ2n) is 5.03. The number of anilines is 1. The molecule has 0 aliphatic rings. The first-order chi connectivity index (χ1) is 10.2. The van der Waals surface area contributed by atoms with E-state index in [0.717, 1.165) is 17.8 Å². The second-order valence-corrected chi connectivity index (χ2v) is 5.03. The Morgan fingerprint density at radius 3 is 2.67 bits per heavy atom. The van der Waals surface area contributed by atoms with Crippen molar-refractivity contribution in [2.24, 2.45) is 0 Å². The van der Waals surface area contributed by atoms with Crippen LogP contribution in [-0.2, 0) is 6.54 Å². The highest BCUT2D eigenvalue weighted by Crippen LogP contribution is 2.26. The Labute approximate surface area is 123 Å². The van der Waals surface area contributed by atoms with Gasteiger partial charge in [0.2, 0.25) is 0 Å². The molecule has 0 fully saturated rings. The molecule has 1 aromatic heterocycles. The van der Waals surface area contributed by atoms with E-state index in [2.05, 4.69) is 46.6 Å². The SMILES string of the molecule is Cc1cccc(CNc2ccccc2-c2nc(C)no2)c1. The molecule has 0 aliphatic carbocycles. The Bertz CT molecular complexity index is 749. The van der Waals surface area contributed by atoms with Crippen LogP contribution in [0.3, 0.4) is 0 Å². The third-order valence-electron chi connectivity index (χ3n) is 3.25. The fourth-order valence-electron chi connectivity index (χ4n) is 2.25. The van der Waals surface area contributed by atoms with Crippen molar-refractivity contribution in [2.45, 2.75) is 20.4 Å². The lowest BCUT2D eigenvalue weighted by molar-refractivity contribution is 0.426. The summed E-state index contributed by atoms with van der Waals surface area (Å²) in [7, 11) is 0. The smallest absolute Gasteiger partial charge is 0.260 e. The predicted molar refractivity (Wildman–Crippen MR) is 83.0 cm³/mol. The normalized spacial score (nSPS) is 10.6. The van der Waals surface area contributed by atoms with Crippen molar-refractivity contribution in [1.82, 2.24) is 10.1 Å². The molecule has 0 bridgehead atoms. The lowest BCUT2D eigenvalue weighted by atomic mass is 10.1. The van der Waals surface area contributed by atoms with Crippen LogP contribution in [0.15, 0.2) is 53.1 Å². The molecule has 0 amide bonds. The molecule has 0 saturated heterocycles. The molecule has 3 aromatic rings. The maximum atomic E-state index is 5.26. The van der Waals surface area contributed by atoms with Gasteiger partial charge >= 0.3 is 0 Å². The van der Waals surface area contributed by atoms with E-state index < -0.39 is 0 Å². The lowest BCUT2D eigenvalue weighted by Crippen LogP contribution is -2.01. The third kappa shape index (κ3) is 3.11. The van der Waals surface area contributed by atoms with Crippen molar-refractivity contribution in [3.8, 4) is 11.5 Å². The number of nitrogens with zero attached hydrogens (tertiary/aromatic N) is 2. The summed E-state index contributed by atoms with van der Waals surface area (Å²) < 4.78 is 5.26. The molecule has 0 radical (unpaired) electrons. The first-order valence-electron chi connectivity index (χ1n) is 6.91. The summed E-state index contributed by atoms with van der Waals surface area (Å²) in [5.41, 5.74) is 4.41. The topological polar surface area (TPSA) is 51.0 Å². The summed E-state index contributed by atoms with van der Waals surface area (Å²) in [6.07, 6.45) is 0. The Morgan fingerprint density at radius 1 is 1.05 bits per heavy atom. The van der Waals surface area contributed by atoms with E-state index in [1.807, 2.05) is 31.2 Å². The molecule has 4 heteroatoms. The average Bonchev–Trinajstić information content (AvgIpc) is 2.92. The van der Waals surface area contributed by atoms with Crippen molar-refractivity contribution in [3.05, 3.63) is 65.5 Å². The zero-order valence-corrected chi connectivity index (χ0v) is 12.1. The van der Waals surface area contributed by atoms with Gasteiger partial charge in [0.15, 0.2) is 5.82 Å². The van der Waals surface area contributed by atoms with Crippen LogP contribution in [0.2, 0.25) is 0 Å². The number of hydrogen-bond donors (Lipinski definition) is 1. The van der Waals surface area contributed by atoms with Crippen LogP contribution in [-0.4, -0.2) is 10.1 Å². The van der Waals surface area contributed by atoms with Gasteiger partial charge in [-0.15, -0.1) is 0 Å². The molecular weight excluding hydrogens is 262 g/mol. The molecule has 106 valence electrons. The molecule has 1 N–H and O–H groups in total. The summed E-state index contributed by atoms with van der Waals surface area (Å²) in [6, 6.07) is 16.4. The van der Waals surface area contributed by atoms with Crippen LogP contribution in [0, 0.1) is 13.8 Å². The molecule has 0 spiro atoms. The highest BCUT2D eigenvalue weighted by Gasteiger charge is 2.10. The van der Waals surface area contributed by atoms with Crippen LogP contribution in [0.1, 0.15) is 17.0 Å². The van der Waals surface area contributed by atoms with E-state index >= 15 is 0 Å². The Morgan fingerprint density at radius 2 is 1.90 bits per heavy atom. The van der Waals surface area contributed by atoms with Gasteiger partial charge in [-0.05, 0) is 31.5 Å². The third-order valence-corrected chi connectivity index (χ3v) is 3.25. The van der Waals surface area contributed by atoms with Crippen molar-refractivity contribution in [3.63, 3.8) is 0 Å². The Hall–Kier alpha value is -2.62. The summed E-state index contributed by atoms with van der Waals surface area (Å²) in [6.45, 7) is 4.67. The minimum Gasteiger partial charge on any atom is -0.380 e. The summed E-state index contributed by atoms with van der Waals surface area (Å²) in [5.74, 6) is 1.18. The number of rotatable bonds is 4. The van der Waals surface area contributed by atoms with Gasteiger partial charge in [-0.25, -0.2) is 0 Å². The zero-order valence-electron chi connectivity index (χ0n) is 12.1. The molecule has 3 rings (SSSR count). The van der Waals surface area contributed by atoms with E-state index in [1.165, 1.54) is 11.1 Å². The predicted octanol–water partition coefficient (Wildman–Crippen LogP) is 3.97. The minimum absolute atomic E-state index is 0.542. The van der Waals surface area contributed by atoms with Crippen LogP contribution in [0.4, 0.5) is 5.69 Å². The number of benzene rings is 2. The van der Waals surface area contributed by atoms with Gasteiger partial charge < -0.3 is 9.84 Å². The molecule has 21 heavy (non-hydrogen) atoms. The van der Waals surface area contributed by atoms with Crippen molar-refractivity contribution < 1.29 is 4.52 Å². The number of para-hydroxylation sites is 1. The van der Waals surface area contributed by atoms with Crippen molar-refractivity contribution in [1.29, 1.82) is 0 Å². The minimum atomic E-state index is 0.542. The lowest BCUT2D eigenvalue weighted by Gasteiger charge is -2.10. The Kier molecular flexibility index (Phi) is 3.69. The molecule has 0 saturated carbocycles. The molecule has 0 atom stereocenters. The van der Waals surface area contributed by atoms with Gasteiger partial charge in [0, 0.05) is 12.2 Å². The van der Waals surface area contributed by atoms with Crippen LogP contribution in [0.5, 0.6) is 0 Å². The fraction of sp³-hybridized carbons (Fsp3) is 0.176. The maximum Gasteiger partial charge on any atom is 0.260 e. The summed E-state index contributed by atoms with van der Waals surface area (Å²) >= 11 is 0. The van der Waals surface area contributed by atoms with Gasteiger partial charge in [-0.3, -0.25) is 0 Å². The highest BCUT2D eigenvalue weighted by molar-refractivity contribution is 5.72. The summed E-state index contributed by atoms with van der Waals surface area (Å²) in [5, 5.41) is 7.29. The monoisotopic (exact) mass is 279 g/mol. The first kappa shape index (κ1) is 13.4. The van der Waals surface area contributed by atoms with Gasteiger partial charge in [0.05, 0.1) is 5.56 Å². The van der Waals surface area contributed by atoms with Crippen LogP contribution >= 0.6 is 0 Å². The number of hydrogen-bond acceptors (Lipinski definition) is 4. The van der Waals surface area contributed by atoms with Gasteiger partial charge in [-0.2, -0.15) is 4.98 Å². The zero-order chi connectivity index (χ0) is 14.7. The molecule has 1 heterocycles. The van der Waals surface area contributed by atoms with Gasteiger partial charge in [0.25, 0.3) is 5.89 Å². The average molecular weight is 279 g/mol. The van der Waals surface area contributed by atoms with Crippen molar-refractivity contribution in [2.75, 3.05) is 5.32 Å². The standard InChI is InChI=1S/C17H17N3O/c1-12-6-5-7-14(10-12)11-18-16-9-4-3-8-15(16)17-19-13(2)20-21-17/h3-10,18H,11H2,1-2H3. The Balaban J connectivity index is 1.83. The van der Waals surface area contributed by atoms with E-state index in [1.54, 1.807) is 0 Å². The van der Waals surface area contributed by atoms with Crippen LogP contribution < -0.4 is 5.32 Å². The number of nitrogens with one attached hydrogen (secondary N) is 1. The van der Waals surface area contributed by atoms with Crippen LogP contribution in [0.25, 0.3) is 11.5 Å². The van der Waals surface area contributed by atoms with Crippen molar-refractivity contribution >= 4 is 5.69 Å².